The summed E-state index contributed by atoms with van der Waals surface area (Å²) in [4.78, 5) is 12.2. The number of aryl methyl sites for hydroxylation is 2. The zero-order valence-corrected chi connectivity index (χ0v) is 11.8. The van der Waals surface area contributed by atoms with Crippen LogP contribution in [-0.4, -0.2) is 21.8 Å². The van der Waals surface area contributed by atoms with Gasteiger partial charge in [0.1, 0.15) is 11.4 Å². The maximum atomic E-state index is 12.2. The predicted octanol–water partition coefficient (Wildman–Crippen LogP) is 2.16. The Labute approximate surface area is 113 Å². The normalized spacial score (nSPS) is 19.4. The molecule has 19 heavy (non-hydrogen) atoms. The highest BCUT2D eigenvalue weighted by atomic mass is 16.5. The van der Waals surface area contributed by atoms with Gasteiger partial charge in [-0.25, -0.2) is 0 Å². The molecule has 1 unspecified atom stereocenters. The van der Waals surface area contributed by atoms with Crippen LogP contribution in [0, 0.1) is 13.8 Å². The minimum atomic E-state index is -1.19. The van der Waals surface area contributed by atoms with Crippen LogP contribution in [0.1, 0.15) is 62.1 Å². The van der Waals surface area contributed by atoms with Crippen LogP contribution in [0.3, 0.4) is 0 Å². The molecule has 1 aromatic rings. The second-order valence-electron chi connectivity index (χ2n) is 5.41. The summed E-state index contributed by atoms with van der Waals surface area (Å²) in [5.74, 6) is 0.458. The standard InChI is InChI=1S/C14H22N2O3/c1-4-11(12-9(2)16-19-10(12)3)15-13(17)14(18)7-5-6-8-14/h11,18H,4-8H2,1-3H3,(H,15,17). The molecule has 0 radical (unpaired) electrons. The van der Waals surface area contributed by atoms with Crippen molar-refractivity contribution < 1.29 is 14.4 Å². The van der Waals surface area contributed by atoms with Crippen LogP contribution in [0.2, 0.25) is 0 Å². The summed E-state index contributed by atoms with van der Waals surface area (Å²) in [6.07, 6.45) is 3.66. The van der Waals surface area contributed by atoms with E-state index in [1.807, 2.05) is 20.8 Å². The highest BCUT2D eigenvalue weighted by molar-refractivity contribution is 5.85. The molecule has 1 aliphatic carbocycles. The third kappa shape index (κ3) is 2.66. The minimum absolute atomic E-state index is 0.150. The van der Waals surface area contributed by atoms with Gasteiger partial charge in [-0.15, -0.1) is 0 Å². The van der Waals surface area contributed by atoms with E-state index in [1.165, 1.54) is 0 Å². The van der Waals surface area contributed by atoms with Gasteiger partial charge in [0.25, 0.3) is 5.91 Å². The molecule has 2 rings (SSSR count). The van der Waals surface area contributed by atoms with Crippen molar-refractivity contribution in [3.05, 3.63) is 17.0 Å². The number of nitrogens with one attached hydrogen (secondary N) is 1. The van der Waals surface area contributed by atoms with Crippen LogP contribution in [0.15, 0.2) is 4.52 Å². The topological polar surface area (TPSA) is 75.4 Å². The fraction of sp³-hybridized carbons (Fsp3) is 0.714. The Morgan fingerprint density at radius 1 is 1.47 bits per heavy atom. The average molecular weight is 266 g/mol. The molecule has 1 saturated carbocycles. The Hall–Kier alpha value is -1.36. The van der Waals surface area contributed by atoms with E-state index < -0.39 is 5.60 Å². The quantitative estimate of drug-likeness (QED) is 0.875. The first kappa shape index (κ1) is 14.1. The molecule has 1 heterocycles. The summed E-state index contributed by atoms with van der Waals surface area (Å²) in [5, 5.41) is 17.2. The molecular weight excluding hydrogens is 244 g/mol. The first-order valence-corrected chi connectivity index (χ1v) is 6.94. The van der Waals surface area contributed by atoms with E-state index in [0.29, 0.717) is 12.8 Å². The number of hydrogen-bond donors (Lipinski definition) is 2. The number of aromatic nitrogens is 1. The number of nitrogens with zero attached hydrogens (tertiary/aromatic N) is 1. The van der Waals surface area contributed by atoms with Gasteiger partial charge in [0.2, 0.25) is 0 Å². The SMILES string of the molecule is CCC(NC(=O)C1(O)CCCC1)c1c(C)noc1C. The Balaban J connectivity index is 2.14. The maximum Gasteiger partial charge on any atom is 0.252 e. The fourth-order valence-electron chi connectivity index (χ4n) is 2.85. The number of carbonyl (C=O) groups is 1. The summed E-state index contributed by atoms with van der Waals surface area (Å²) in [7, 11) is 0. The van der Waals surface area contributed by atoms with Gasteiger partial charge in [-0.05, 0) is 46.0 Å². The molecule has 2 N–H and O–H groups in total. The van der Waals surface area contributed by atoms with Crippen LogP contribution < -0.4 is 5.32 Å². The van der Waals surface area contributed by atoms with Gasteiger partial charge < -0.3 is 14.9 Å². The van der Waals surface area contributed by atoms with E-state index in [-0.39, 0.29) is 11.9 Å². The van der Waals surface area contributed by atoms with Crippen molar-refractivity contribution in [3.63, 3.8) is 0 Å². The fourth-order valence-corrected chi connectivity index (χ4v) is 2.85. The molecule has 0 spiro atoms. The van der Waals surface area contributed by atoms with Crippen LogP contribution in [0.5, 0.6) is 0 Å². The lowest BCUT2D eigenvalue weighted by molar-refractivity contribution is -0.140. The molecule has 1 aliphatic rings. The van der Waals surface area contributed by atoms with E-state index >= 15 is 0 Å². The molecule has 0 aromatic carbocycles. The van der Waals surface area contributed by atoms with E-state index in [1.54, 1.807) is 0 Å². The lowest BCUT2D eigenvalue weighted by Gasteiger charge is -2.25. The second kappa shape index (κ2) is 5.33. The summed E-state index contributed by atoms with van der Waals surface area (Å²) in [6.45, 7) is 5.70. The predicted molar refractivity (Wildman–Crippen MR) is 70.6 cm³/mol. The molecule has 1 atom stereocenters. The van der Waals surface area contributed by atoms with Gasteiger partial charge in [0, 0.05) is 5.56 Å². The lowest BCUT2D eigenvalue weighted by atomic mass is 9.98. The Bertz CT molecular complexity index is 442. The number of hydrogen-bond acceptors (Lipinski definition) is 4. The first-order chi connectivity index (χ1) is 8.98. The van der Waals surface area contributed by atoms with Gasteiger partial charge >= 0.3 is 0 Å². The molecule has 5 heteroatoms. The van der Waals surface area contributed by atoms with Gasteiger partial charge in [-0.2, -0.15) is 0 Å². The van der Waals surface area contributed by atoms with Gasteiger partial charge in [-0.3, -0.25) is 4.79 Å². The van der Waals surface area contributed by atoms with E-state index in [0.717, 1.165) is 36.3 Å². The molecule has 5 nitrogen and oxygen atoms in total. The zero-order chi connectivity index (χ0) is 14.0. The van der Waals surface area contributed by atoms with Crippen molar-refractivity contribution in [2.75, 3.05) is 0 Å². The van der Waals surface area contributed by atoms with Crippen LogP contribution in [0.4, 0.5) is 0 Å². The zero-order valence-electron chi connectivity index (χ0n) is 11.8. The Morgan fingerprint density at radius 3 is 2.58 bits per heavy atom. The number of carbonyl (C=O) groups excluding carboxylic acids is 1. The highest BCUT2D eigenvalue weighted by Gasteiger charge is 2.39. The molecule has 0 aliphatic heterocycles. The van der Waals surface area contributed by atoms with E-state index in [4.69, 9.17) is 4.52 Å². The van der Waals surface area contributed by atoms with Gasteiger partial charge in [0.05, 0.1) is 11.7 Å². The molecular formula is C14H22N2O3. The summed E-state index contributed by atoms with van der Waals surface area (Å²) in [5.41, 5.74) is 0.535. The second-order valence-corrected chi connectivity index (χ2v) is 5.41. The number of rotatable bonds is 4. The van der Waals surface area contributed by atoms with Crippen LogP contribution in [-0.2, 0) is 4.79 Å². The molecule has 1 aromatic heterocycles. The van der Waals surface area contributed by atoms with Crippen LogP contribution in [0.25, 0.3) is 0 Å². The van der Waals surface area contributed by atoms with Gasteiger partial charge in [0.15, 0.2) is 0 Å². The summed E-state index contributed by atoms with van der Waals surface area (Å²) < 4.78 is 5.15. The van der Waals surface area contributed by atoms with Crippen molar-refractivity contribution in [2.45, 2.75) is 64.5 Å². The highest BCUT2D eigenvalue weighted by Crippen LogP contribution is 2.31. The Morgan fingerprint density at radius 2 is 2.11 bits per heavy atom. The van der Waals surface area contributed by atoms with E-state index in [9.17, 15) is 9.90 Å². The Kier molecular flexibility index (Phi) is 3.94. The van der Waals surface area contributed by atoms with Crippen molar-refractivity contribution in [2.24, 2.45) is 0 Å². The first-order valence-electron chi connectivity index (χ1n) is 6.94. The van der Waals surface area contributed by atoms with E-state index in [2.05, 4.69) is 10.5 Å². The smallest absolute Gasteiger partial charge is 0.252 e. The average Bonchev–Trinajstić information content (AvgIpc) is 2.95. The van der Waals surface area contributed by atoms with Crippen molar-refractivity contribution in [3.8, 4) is 0 Å². The number of aliphatic hydroxyl groups is 1. The summed E-state index contributed by atoms with van der Waals surface area (Å²) in [6, 6.07) is -0.150. The molecule has 106 valence electrons. The lowest BCUT2D eigenvalue weighted by Crippen LogP contribution is -2.46. The third-order valence-electron chi connectivity index (χ3n) is 4.00. The van der Waals surface area contributed by atoms with Crippen molar-refractivity contribution in [1.29, 1.82) is 0 Å². The van der Waals surface area contributed by atoms with Crippen molar-refractivity contribution in [1.82, 2.24) is 10.5 Å². The third-order valence-corrected chi connectivity index (χ3v) is 4.00. The van der Waals surface area contributed by atoms with Crippen LogP contribution >= 0.6 is 0 Å². The van der Waals surface area contributed by atoms with Gasteiger partial charge in [-0.1, -0.05) is 12.1 Å². The largest absolute Gasteiger partial charge is 0.380 e. The molecule has 0 saturated heterocycles. The maximum absolute atomic E-state index is 12.2. The molecule has 0 bridgehead atoms. The van der Waals surface area contributed by atoms with Crippen molar-refractivity contribution >= 4 is 5.91 Å². The molecule has 1 fully saturated rings. The number of amides is 1. The minimum Gasteiger partial charge on any atom is -0.380 e. The monoisotopic (exact) mass is 266 g/mol. The molecule has 1 amide bonds. The summed E-state index contributed by atoms with van der Waals surface area (Å²) >= 11 is 0.